The molecule has 1 aromatic rings. The summed E-state index contributed by atoms with van der Waals surface area (Å²) in [7, 11) is 0. The lowest BCUT2D eigenvalue weighted by atomic mass is 9.97. The van der Waals surface area contributed by atoms with E-state index in [4.69, 9.17) is 16.7 Å². The number of halogens is 4. The zero-order valence-electron chi connectivity index (χ0n) is 12.2. The zero-order chi connectivity index (χ0) is 16.2. The molecule has 124 valence electrons. The molecule has 1 aromatic carbocycles. The molecule has 1 saturated heterocycles. The minimum atomic E-state index is -4.41. The first-order valence-corrected chi connectivity index (χ1v) is 7.73. The van der Waals surface area contributed by atoms with E-state index in [0.717, 1.165) is 32.2 Å². The minimum absolute atomic E-state index is 0.0231. The Morgan fingerprint density at radius 1 is 1.23 bits per heavy atom. The number of hydrogen-bond donors (Lipinski definition) is 2. The molecule has 0 aromatic heterocycles. The first-order chi connectivity index (χ1) is 10.4. The van der Waals surface area contributed by atoms with E-state index < -0.39 is 11.7 Å². The highest BCUT2D eigenvalue weighted by molar-refractivity contribution is 6.30. The summed E-state index contributed by atoms with van der Waals surface area (Å²) in [5.41, 5.74) is -0.158. The number of nitrogens with zero attached hydrogens (tertiary/aromatic N) is 1. The van der Waals surface area contributed by atoms with E-state index in [9.17, 15) is 13.2 Å². The van der Waals surface area contributed by atoms with Crippen LogP contribution in [0.25, 0.3) is 0 Å². The van der Waals surface area contributed by atoms with Crippen LogP contribution in [0.3, 0.4) is 0 Å². The number of aliphatic hydroxyl groups is 1. The van der Waals surface area contributed by atoms with E-state index >= 15 is 0 Å². The number of benzene rings is 1. The summed E-state index contributed by atoms with van der Waals surface area (Å²) < 4.78 is 38.9. The van der Waals surface area contributed by atoms with Crippen LogP contribution in [-0.4, -0.2) is 42.8 Å². The highest BCUT2D eigenvalue weighted by atomic mass is 35.5. The van der Waals surface area contributed by atoms with E-state index in [0.29, 0.717) is 18.4 Å². The van der Waals surface area contributed by atoms with Gasteiger partial charge in [-0.05, 0) is 36.6 Å². The molecule has 1 aliphatic rings. The van der Waals surface area contributed by atoms with Gasteiger partial charge in [0.05, 0.1) is 5.56 Å². The molecular formula is C15H20ClF3N2O. The van der Waals surface area contributed by atoms with Crippen molar-refractivity contribution < 1.29 is 18.3 Å². The number of piperazine rings is 1. The molecule has 0 unspecified atom stereocenters. The average Bonchev–Trinajstić information content (AvgIpc) is 2.47. The van der Waals surface area contributed by atoms with Crippen molar-refractivity contribution in [3.05, 3.63) is 34.3 Å². The van der Waals surface area contributed by atoms with E-state index in [-0.39, 0.29) is 17.7 Å². The maximum absolute atomic E-state index is 13.0. The van der Waals surface area contributed by atoms with Crippen molar-refractivity contribution in [3.63, 3.8) is 0 Å². The van der Waals surface area contributed by atoms with Gasteiger partial charge in [0.1, 0.15) is 0 Å². The van der Waals surface area contributed by atoms with Crippen molar-refractivity contribution in [1.29, 1.82) is 0 Å². The molecule has 2 rings (SSSR count). The predicted molar refractivity (Wildman–Crippen MR) is 80.0 cm³/mol. The van der Waals surface area contributed by atoms with Crippen LogP contribution in [0.2, 0.25) is 5.02 Å². The average molecular weight is 337 g/mol. The van der Waals surface area contributed by atoms with Crippen LogP contribution in [0.5, 0.6) is 0 Å². The summed E-state index contributed by atoms with van der Waals surface area (Å²) in [5.74, 6) is 0. The second-order valence-electron chi connectivity index (χ2n) is 5.44. The third-order valence-electron chi connectivity index (χ3n) is 3.86. The molecule has 0 radical (unpaired) electrons. The van der Waals surface area contributed by atoms with Crippen molar-refractivity contribution in [2.45, 2.75) is 25.1 Å². The summed E-state index contributed by atoms with van der Waals surface area (Å²) >= 11 is 5.89. The fourth-order valence-corrected chi connectivity index (χ4v) is 3.05. The minimum Gasteiger partial charge on any atom is -0.396 e. The van der Waals surface area contributed by atoms with Crippen molar-refractivity contribution in [3.8, 4) is 0 Å². The summed E-state index contributed by atoms with van der Waals surface area (Å²) in [4.78, 5) is 2.15. The van der Waals surface area contributed by atoms with Gasteiger partial charge >= 0.3 is 6.18 Å². The number of rotatable bonds is 5. The van der Waals surface area contributed by atoms with Gasteiger partial charge in [-0.1, -0.05) is 11.6 Å². The van der Waals surface area contributed by atoms with Crippen LogP contribution in [0, 0.1) is 0 Å². The zero-order valence-corrected chi connectivity index (χ0v) is 12.9. The number of nitrogens with one attached hydrogen (secondary N) is 1. The molecule has 22 heavy (non-hydrogen) atoms. The monoisotopic (exact) mass is 336 g/mol. The van der Waals surface area contributed by atoms with Crippen LogP contribution >= 0.6 is 11.6 Å². The summed E-state index contributed by atoms with van der Waals surface area (Å²) in [6, 6.07) is 3.57. The van der Waals surface area contributed by atoms with Crippen molar-refractivity contribution in [2.24, 2.45) is 0 Å². The Labute approximate surface area is 133 Å². The molecule has 1 heterocycles. The van der Waals surface area contributed by atoms with Gasteiger partial charge in [-0.25, -0.2) is 0 Å². The van der Waals surface area contributed by atoms with E-state index in [2.05, 4.69) is 10.2 Å². The Hall–Kier alpha value is -0.820. The normalized spacial score (nSPS) is 18.4. The Balaban J connectivity index is 2.31. The van der Waals surface area contributed by atoms with Crippen LogP contribution in [0.1, 0.15) is 30.0 Å². The fraction of sp³-hybridized carbons (Fsp3) is 0.600. The van der Waals surface area contributed by atoms with Crippen LogP contribution in [-0.2, 0) is 6.18 Å². The molecule has 2 N–H and O–H groups in total. The lowest BCUT2D eigenvalue weighted by Gasteiger charge is -2.35. The molecule has 1 aliphatic heterocycles. The number of aliphatic hydroxyl groups excluding tert-OH is 1. The van der Waals surface area contributed by atoms with Crippen molar-refractivity contribution in [1.82, 2.24) is 10.2 Å². The maximum Gasteiger partial charge on any atom is 0.416 e. The summed E-state index contributed by atoms with van der Waals surface area (Å²) in [5, 5.41) is 12.4. The van der Waals surface area contributed by atoms with Gasteiger partial charge < -0.3 is 10.4 Å². The van der Waals surface area contributed by atoms with E-state index in [1.807, 2.05) is 0 Å². The fourth-order valence-electron chi connectivity index (χ4n) is 2.81. The molecule has 0 saturated carbocycles. The van der Waals surface area contributed by atoms with Gasteiger partial charge in [0.25, 0.3) is 0 Å². The number of alkyl halides is 3. The van der Waals surface area contributed by atoms with Gasteiger partial charge in [-0.3, -0.25) is 4.90 Å². The van der Waals surface area contributed by atoms with Gasteiger partial charge in [-0.2, -0.15) is 13.2 Å². The lowest BCUT2D eigenvalue weighted by molar-refractivity contribution is -0.137. The largest absolute Gasteiger partial charge is 0.416 e. The second kappa shape index (κ2) is 7.64. The molecule has 0 bridgehead atoms. The lowest BCUT2D eigenvalue weighted by Crippen LogP contribution is -2.45. The Kier molecular flexibility index (Phi) is 6.09. The van der Waals surface area contributed by atoms with Gasteiger partial charge in [0, 0.05) is 43.9 Å². The third kappa shape index (κ3) is 4.59. The quantitative estimate of drug-likeness (QED) is 0.867. The molecule has 1 atom stereocenters. The molecule has 0 spiro atoms. The van der Waals surface area contributed by atoms with Gasteiger partial charge in [0.2, 0.25) is 0 Å². The Morgan fingerprint density at radius 2 is 1.91 bits per heavy atom. The third-order valence-corrected chi connectivity index (χ3v) is 4.08. The van der Waals surface area contributed by atoms with Crippen LogP contribution < -0.4 is 5.32 Å². The summed E-state index contributed by atoms with van der Waals surface area (Å²) in [6.45, 7) is 3.17. The standard InChI is InChI=1S/C15H20ClF3N2O/c16-13-9-11(8-12(10-13)15(17,18)19)14(2-1-7-22)21-5-3-20-4-6-21/h8-10,14,20,22H,1-7H2/t14-/m1/s1. The van der Waals surface area contributed by atoms with E-state index in [1.165, 1.54) is 6.07 Å². The second-order valence-corrected chi connectivity index (χ2v) is 5.88. The molecule has 0 amide bonds. The van der Waals surface area contributed by atoms with Crippen molar-refractivity contribution in [2.75, 3.05) is 32.8 Å². The molecule has 1 fully saturated rings. The highest BCUT2D eigenvalue weighted by Crippen LogP contribution is 2.35. The predicted octanol–water partition coefficient (Wildman–Crippen LogP) is 3.08. The Bertz CT molecular complexity index is 490. The maximum atomic E-state index is 13.0. The molecule has 0 aliphatic carbocycles. The van der Waals surface area contributed by atoms with Crippen molar-refractivity contribution >= 4 is 11.6 Å². The number of hydrogen-bond acceptors (Lipinski definition) is 3. The highest BCUT2D eigenvalue weighted by Gasteiger charge is 2.32. The Morgan fingerprint density at radius 3 is 2.50 bits per heavy atom. The van der Waals surface area contributed by atoms with Gasteiger partial charge in [0.15, 0.2) is 0 Å². The summed E-state index contributed by atoms with van der Waals surface area (Å²) in [6.07, 6.45) is -3.26. The van der Waals surface area contributed by atoms with Crippen LogP contribution in [0.15, 0.2) is 18.2 Å². The molecule has 3 nitrogen and oxygen atoms in total. The topological polar surface area (TPSA) is 35.5 Å². The molecule has 7 heteroatoms. The first kappa shape index (κ1) is 17.5. The molecular weight excluding hydrogens is 317 g/mol. The van der Waals surface area contributed by atoms with E-state index in [1.54, 1.807) is 6.07 Å². The smallest absolute Gasteiger partial charge is 0.396 e. The van der Waals surface area contributed by atoms with Gasteiger partial charge in [-0.15, -0.1) is 0 Å². The SMILES string of the molecule is OCCC[C@H](c1cc(Cl)cc(C(F)(F)F)c1)N1CCNCC1. The first-order valence-electron chi connectivity index (χ1n) is 7.35. The van der Waals surface area contributed by atoms with Crippen LogP contribution in [0.4, 0.5) is 13.2 Å².